The molecule has 1 aromatic heterocycles. The van der Waals surface area contributed by atoms with Gasteiger partial charge in [-0.05, 0) is 12.1 Å². The summed E-state index contributed by atoms with van der Waals surface area (Å²) in [4.78, 5) is 11.2. The largest absolute Gasteiger partial charge is 0.492 e. The van der Waals surface area contributed by atoms with Crippen molar-refractivity contribution in [2.75, 3.05) is 13.7 Å². The Balaban J connectivity index is 1.84. The molecule has 6 nitrogen and oxygen atoms in total. The number of hydrogen-bond acceptors (Lipinski definition) is 5. The molecule has 0 unspecified atom stereocenters. The lowest BCUT2D eigenvalue weighted by Crippen LogP contribution is -2.08. The Morgan fingerprint density at radius 3 is 2.83 bits per heavy atom. The topological polar surface area (TPSA) is 66.2 Å². The minimum absolute atomic E-state index is 0.192. The lowest BCUT2D eigenvalue weighted by Gasteiger charge is -2.04. The lowest BCUT2D eigenvalue weighted by molar-refractivity contribution is 0.0594. The molecule has 2 aromatic rings. The number of aromatic nitrogens is 3. The molecule has 0 aliphatic carbocycles. The summed E-state index contributed by atoms with van der Waals surface area (Å²) in [5, 5.41) is 7.50. The highest BCUT2D eigenvalue weighted by Gasteiger charge is 2.10. The van der Waals surface area contributed by atoms with Crippen LogP contribution in [0.3, 0.4) is 0 Å². The summed E-state index contributed by atoms with van der Waals surface area (Å²) in [6.45, 7) is 0.965. The molecule has 0 radical (unpaired) electrons. The Morgan fingerprint density at radius 1 is 1.33 bits per heavy atom. The van der Waals surface area contributed by atoms with Crippen LogP contribution in [0.4, 0.5) is 0 Å². The molecule has 94 valence electrons. The van der Waals surface area contributed by atoms with Gasteiger partial charge in [-0.1, -0.05) is 23.4 Å². The maximum Gasteiger partial charge on any atom is 0.360 e. The SMILES string of the molecule is COC(=O)c1cn(CCOc2ccccc2)nn1. The van der Waals surface area contributed by atoms with Crippen LogP contribution in [0.15, 0.2) is 36.5 Å². The van der Waals surface area contributed by atoms with E-state index in [0.717, 1.165) is 5.75 Å². The van der Waals surface area contributed by atoms with Gasteiger partial charge in [-0.25, -0.2) is 9.48 Å². The number of esters is 1. The number of carbonyl (C=O) groups is 1. The van der Waals surface area contributed by atoms with E-state index in [4.69, 9.17) is 4.74 Å². The minimum atomic E-state index is -0.495. The Kier molecular flexibility index (Phi) is 3.90. The summed E-state index contributed by atoms with van der Waals surface area (Å²) in [6.07, 6.45) is 1.53. The predicted molar refractivity (Wildman–Crippen MR) is 63.3 cm³/mol. The van der Waals surface area contributed by atoms with Crippen molar-refractivity contribution in [1.29, 1.82) is 0 Å². The molecule has 0 N–H and O–H groups in total. The van der Waals surface area contributed by atoms with Crippen molar-refractivity contribution < 1.29 is 14.3 Å². The van der Waals surface area contributed by atoms with E-state index in [9.17, 15) is 4.79 Å². The lowest BCUT2D eigenvalue weighted by atomic mass is 10.3. The van der Waals surface area contributed by atoms with Gasteiger partial charge in [-0.3, -0.25) is 0 Å². The highest BCUT2D eigenvalue weighted by Crippen LogP contribution is 2.08. The first-order valence-corrected chi connectivity index (χ1v) is 5.46. The Hall–Kier alpha value is -2.37. The molecular weight excluding hydrogens is 234 g/mol. The van der Waals surface area contributed by atoms with Gasteiger partial charge in [0.15, 0.2) is 5.69 Å². The van der Waals surface area contributed by atoms with E-state index in [-0.39, 0.29) is 5.69 Å². The molecule has 1 heterocycles. The zero-order valence-corrected chi connectivity index (χ0v) is 9.94. The fourth-order valence-electron chi connectivity index (χ4n) is 1.38. The monoisotopic (exact) mass is 247 g/mol. The van der Waals surface area contributed by atoms with Crippen LogP contribution in [0.2, 0.25) is 0 Å². The van der Waals surface area contributed by atoms with Gasteiger partial charge in [0.1, 0.15) is 12.4 Å². The summed E-state index contributed by atoms with van der Waals surface area (Å²) >= 11 is 0. The number of ether oxygens (including phenoxy) is 2. The van der Waals surface area contributed by atoms with E-state index >= 15 is 0 Å². The van der Waals surface area contributed by atoms with Crippen LogP contribution in [0, 0.1) is 0 Å². The molecular formula is C12H13N3O3. The number of methoxy groups -OCH3 is 1. The number of hydrogen-bond donors (Lipinski definition) is 0. The van der Waals surface area contributed by atoms with E-state index in [0.29, 0.717) is 13.2 Å². The molecule has 0 aliphatic rings. The van der Waals surface area contributed by atoms with Gasteiger partial charge in [-0.15, -0.1) is 5.10 Å². The third-order valence-corrected chi connectivity index (χ3v) is 2.27. The van der Waals surface area contributed by atoms with Gasteiger partial charge in [0.05, 0.1) is 19.9 Å². The molecule has 0 saturated heterocycles. The molecule has 0 amide bonds. The number of carbonyl (C=O) groups excluding carboxylic acids is 1. The van der Waals surface area contributed by atoms with Crippen molar-refractivity contribution in [3.8, 4) is 5.75 Å². The number of rotatable bonds is 5. The maximum absolute atomic E-state index is 11.2. The van der Waals surface area contributed by atoms with E-state index in [1.807, 2.05) is 30.3 Å². The quantitative estimate of drug-likeness (QED) is 0.741. The fraction of sp³-hybridized carbons (Fsp3) is 0.250. The second kappa shape index (κ2) is 5.81. The summed E-state index contributed by atoms with van der Waals surface area (Å²) in [5.41, 5.74) is 0.192. The van der Waals surface area contributed by atoms with E-state index < -0.39 is 5.97 Å². The average molecular weight is 247 g/mol. The summed E-state index contributed by atoms with van der Waals surface area (Å²) < 4.78 is 11.6. The number of nitrogens with zero attached hydrogens (tertiary/aromatic N) is 3. The van der Waals surface area contributed by atoms with Gasteiger partial charge < -0.3 is 9.47 Å². The first-order valence-electron chi connectivity index (χ1n) is 5.46. The van der Waals surface area contributed by atoms with Crippen LogP contribution in [-0.4, -0.2) is 34.7 Å². The van der Waals surface area contributed by atoms with Crippen LogP contribution in [0.25, 0.3) is 0 Å². The van der Waals surface area contributed by atoms with Crippen molar-refractivity contribution >= 4 is 5.97 Å². The van der Waals surface area contributed by atoms with Gasteiger partial charge >= 0.3 is 5.97 Å². The molecule has 0 fully saturated rings. The highest BCUT2D eigenvalue weighted by atomic mass is 16.5. The van der Waals surface area contributed by atoms with Crippen molar-refractivity contribution in [3.05, 3.63) is 42.2 Å². The van der Waals surface area contributed by atoms with Crippen LogP contribution in [0.5, 0.6) is 5.75 Å². The summed E-state index contributed by atoms with van der Waals surface area (Å²) in [7, 11) is 1.31. The average Bonchev–Trinajstić information content (AvgIpc) is 2.88. The molecule has 0 atom stereocenters. The van der Waals surface area contributed by atoms with Gasteiger partial charge in [-0.2, -0.15) is 0 Å². The zero-order valence-electron chi connectivity index (χ0n) is 9.94. The first-order chi connectivity index (χ1) is 8.79. The smallest absolute Gasteiger partial charge is 0.360 e. The Bertz CT molecular complexity index is 510. The molecule has 0 saturated carbocycles. The molecule has 18 heavy (non-hydrogen) atoms. The predicted octanol–water partition coefficient (Wildman–Crippen LogP) is 1.14. The third kappa shape index (κ3) is 3.07. The van der Waals surface area contributed by atoms with Gasteiger partial charge in [0.2, 0.25) is 0 Å². The van der Waals surface area contributed by atoms with E-state index in [1.165, 1.54) is 18.0 Å². The van der Waals surface area contributed by atoms with Crippen molar-refractivity contribution in [1.82, 2.24) is 15.0 Å². The molecule has 0 aliphatic heterocycles. The molecule has 0 spiro atoms. The van der Waals surface area contributed by atoms with Crippen molar-refractivity contribution in [2.45, 2.75) is 6.54 Å². The standard InChI is InChI=1S/C12H13N3O3/c1-17-12(16)11-9-15(14-13-11)7-8-18-10-5-3-2-4-6-10/h2-6,9H,7-8H2,1H3. The highest BCUT2D eigenvalue weighted by molar-refractivity contribution is 5.86. The molecule has 2 rings (SSSR count). The summed E-state index contributed by atoms with van der Waals surface area (Å²) in [5.74, 6) is 0.302. The van der Waals surface area contributed by atoms with E-state index in [1.54, 1.807) is 0 Å². The fourth-order valence-corrected chi connectivity index (χ4v) is 1.38. The van der Waals surface area contributed by atoms with Crippen molar-refractivity contribution in [2.24, 2.45) is 0 Å². The van der Waals surface area contributed by atoms with Crippen LogP contribution < -0.4 is 4.74 Å². The van der Waals surface area contributed by atoms with Crippen LogP contribution in [-0.2, 0) is 11.3 Å². The third-order valence-electron chi connectivity index (χ3n) is 2.27. The molecule has 6 heteroatoms. The second-order valence-electron chi connectivity index (χ2n) is 3.52. The maximum atomic E-state index is 11.2. The first kappa shape index (κ1) is 12.1. The number of para-hydroxylation sites is 1. The zero-order chi connectivity index (χ0) is 12.8. The molecule has 1 aromatic carbocycles. The Morgan fingerprint density at radius 2 is 2.11 bits per heavy atom. The summed E-state index contributed by atoms with van der Waals surface area (Å²) in [6, 6.07) is 9.48. The van der Waals surface area contributed by atoms with E-state index in [2.05, 4.69) is 15.0 Å². The van der Waals surface area contributed by atoms with Crippen LogP contribution >= 0.6 is 0 Å². The van der Waals surface area contributed by atoms with Gasteiger partial charge in [0, 0.05) is 0 Å². The molecule has 0 bridgehead atoms. The van der Waals surface area contributed by atoms with Crippen LogP contribution in [0.1, 0.15) is 10.5 Å². The van der Waals surface area contributed by atoms with Gasteiger partial charge in [0.25, 0.3) is 0 Å². The number of benzene rings is 1. The Labute approximate surface area is 104 Å². The van der Waals surface area contributed by atoms with Crippen molar-refractivity contribution in [3.63, 3.8) is 0 Å². The minimum Gasteiger partial charge on any atom is -0.492 e. The normalized spacial score (nSPS) is 10.1. The second-order valence-corrected chi connectivity index (χ2v) is 3.52.